The minimum Gasteiger partial charge on any atom is -0.507 e. The van der Waals surface area contributed by atoms with Crippen molar-refractivity contribution in [3.05, 3.63) is 53.1 Å². The van der Waals surface area contributed by atoms with E-state index in [4.69, 9.17) is 9.47 Å². The lowest BCUT2D eigenvalue weighted by Gasteiger charge is -2.23. The van der Waals surface area contributed by atoms with Gasteiger partial charge in [0, 0.05) is 5.56 Å². The number of hydrogen-bond donors (Lipinski definition) is 1. The number of aromatic hydroxyl groups is 1. The van der Waals surface area contributed by atoms with Gasteiger partial charge < -0.3 is 14.6 Å². The SMILES string of the molecule is CC(C)COC(=O)c1c(O)cc2c(c1-c1ccccc1)CCOC2. The Morgan fingerprint density at radius 1 is 1.29 bits per heavy atom. The number of phenolic OH excluding ortho intramolecular Hbond substituents is 1. The summed E-state index contributed by atoms with van der Waals surface area (Å²) in [7, 11) is 0. The molecule has 0 radical (unpaired) electrons. The summed E-state index contributed by atoms with van der Waals surface area (Å²) >= 11 is 0. The van der Waals surface area contributed by atoms with Gasteiger partial charge in [0.1, 0.15) is 11.3 Å². The Kier molecular flexibility index (Phi) is 4.86. The van der Waals surface area contributed by atoms with Crippen molar-refractivity contribution in [2.24, 2.45) is 5.92 Å². The van der Waals surface area contributed by atoms with Crippen molar-refractivity contribution in [3.63, 3.8) is 0 Å². The van der Waals surface area contributed by atoms with Crippen molar-refractivity contribution in [1.82, 2.24) is 0 Å². The first-order chi connectivity index (χ1) is 11.6. The first-order valence-corrected chi connectivity index (χ1v) is 8.26. The number of carbonyl (C=O) groups is 1. The molecule has 1 aliphatic rings. The van der Waals surface area contributed by atoms with E-state index in [0.717, 1.165) is 22.3 Å². The van der Waals surface area contributed by atoms with Crippen LogP contribution in [0.25, 0.3) is 11.1 Å². The molecule has 1 N–H and O–H groups in total. The van der Waals surface area contributed by atoms with Crippen LogP contribution in [-0.2, 0) is 22.5 Å². The maximum atomic E-state index is 12.6. The fraction of sp³-hybridized carbons (Fsp3) is 0.350. The zero-order chi connectivity index (χ0) is 17.1. The van der Waals surface area contributed by atoms with E-state index in [1.807, 2.05) is 44.2 Å². The number of phenols is 1. The van der Waals surface area contributed by atoms with E-state index in [0.29, 0.717) is 26.2 Å². The van der Waals surface area contributed by atoms with Crippen LogP contribution in [0.3, 0.4) is 0 Å². The molecule has 0 unspecified atom stereocenters. The molecule has 1 aliphatic heterocycles. The number of esters is 1. The van der Waals surface area contributed by atoms with Crippen molar-refractivity contribution in [2.75, 3.05) is 13.2 Å². The van der Waals surface area contributed by atoms with Crippen LogP contribution in [-0.4, -0.2) is 24.3 Å². The third-order valence-electron chi connectivity index (χ3n) is 4.07. The van der Waals surface area contributed by atoms with Gasteiger partial charge in [-0.2, -0.15) is 0 Å². The molecule has 0 atom stereocenters. The maximum Gasteiger partial charge on any atom is 0.342 e. The summed E-state index contributed by atoms with van der Waals surface area (Å²) in [5.74, 6) is -0.288. The second-order valence-electron chi connectivity index (χ2n) is 6.44. The van der Waals surface area contributed by atoms with Crippen molar-refractivity contribution >= 4 is 5.97 Å². The van der Waals surface area contributed by atoms with Crippen molar-refractivity contribution in [2.45, 2.75) is 26.9 Å². The molecule has 4 heteroatoms. The third kappa shape index (κ3) is 3.29. The smallest absolute Gasteiger partial charge is 0.342 e. The van der Waals surface area contributed by atoms with Crippen LogP contribution in [0.15, 0.2) is 36.4 Å². The molecule has 0 saturated carbocycles. The van der Waals surface area contributed by atoms with E-state index < -0.39 is 5.97 Å². The summed E-state index contributed by atoms with van der Waals surface area (Å²) in [5, 5.41) is 10.5. The first kappa shape index (κ1) is 16.5. The molecule has 3 rings (SSSR count). The predicted molar refractivity (Wildman–Crippen MR) is 92.0 cm³/mol. The number of ether oxygens (including phenoxy) is 2. The van der Waals surface area contributed by atoms with Gasteiger partial charge in [0.15, 0.2) is 0 Å². The van der Waals surface area contributed by atoms with Crippen molar-refractivity contribution in [3.8, 4) is 16.9 Å². The summed E-state index contributed by atoms with van der Waals surface area (Å²) < 4.78 is 10.9. The normalized spacial score (nSPS) is 13.6. The molecule has 0 spiro atoms. The predicted octanol–water partition coefficient (Wildman–Crippen LogP) is 3.94. The number of fused-ring (bicyclic) bond motifs is 1. The molecule has 0 fully saturated rings. The van der Waals surface area contributed by atoms with Crippen LogP contribution in [0.1, 0.15) is 35.3 Å². The molecule has 2 aromatic carbocycles. The average Bonchev–Trinajstić information content (AvgIpc) is 2.59. The minimum absolute atomic E-state index is 0.0492. The van der Waals surface area contributed by atoms with Crippen LogP contribution in [0.4, 0.5) is 0 Å². The van der Waals surface area contributed by atoms with Crippen molar-refractivity contribution in [1.29, 1.82) is 0 Å². The Morgan fingerprint density at radius 3 is 2.75 bits per heavy atom. The van der Waals surface area contributed by atoms with E-state index in [-0.39, 0.29) is 17.2 Å². The summed E-state index contributed by atoms with van der Waals surface area (Å²) in [6.07, 6.45) is 0.713. The van der Waals surface area contributed by atoms with Crippen LogP contribution in [0, 0.1) is 5.92 Å². The fourth-order valence-corrected chi connectivity index (χ4v) is 2.98. The van der Waals surface area contributed by atoms with E-state index >= 15 is 0 Å². The van der Waals surface area contributed by atoms with Gasteiger partial charge in [0.25, 0.3) is 0 Å². The van der Waals surface area contributed by atoms with Gasteiger partial charge in [0.2, 0.25) is 0 Å². The molecular formula is C20H22O4. The fourth-order valence-electron chi connectivity index (χ4n) is 2.98. The quantitative estimate of drug-likeness (QED) is 0.865. The van der Waals surface area contributed by atoms with Gasteiger partial charge in [0.05, 0.1) is 19.8 Å². The lowest BCUT2D eigenvalue weighted by atomic mass is 9.88. The summed E-state index contributed by atoms with van der Waals surface area (Å²) in [6, 6.07) is 11.3. The topological polar surface area (TPSA) is 55.8 Å². The molecule has 1 heterocycles. The standard InChI is InChI=1S/C20H22O4/c1-13(2)11-24-20(22)19-17(21)10-15-12-23-9-8-16(15)18(19)14-6-4-3-5-7-14/h3-7,10,13,21H,8-9,11-12H2,1-2H3. The van der Waals surface area contributed by atoms with E-state index in [9.17, 15) is 9.90 Å². The highest BCUT2D eigenvalue weighted by Gasteiger charge is 2.26. The summed E-state index contributed by atoms with van der Waals surface area (Å²) in [6.45, 7) is 5.35. The monoisotopic (exact) mass is 326 g/mol. The minimum atomic E-state index is -0.477. The van der Waals surface area contributed by atoms with Crippen molar-refractivity contribution < 1.29 is 19.4 Å². The molecule has 0 bridgehead atoms. The summed E-state index contributed by atoms with van der Waals surface area (Å²) in [4.78, 5) is 12.6. The Morgan fingerprint density at radius 2 is 2.04 bits per heavy atom. The Hall–Kier alpha value is -2.33. The highest BCUT2D eigenvalue weighted by molar-refractivity contribution is 6.01. The Balaban J connectivity index is 2.15. The lowest BCUT2D eigenvalue weighted by molar-refractivity contribution is 0.0456. The van der Waals surface area contributed by atoms with Gasteiger partial charge >= 0.3 is 5.97 Å². The molecule has 2 aromatic rings. The Bertz CT molecular complexity index is 735. The molecule has 24 heavy (non-hydrogen) atoms. The largest absolute Gasteiger partial charge is 0.507 e. The van der Waals surface area contributed by atoms with Gasteiger partial charge in [-0.1, -0.05) is 44.2 Å². The molecule has 0 saturated heterocycles. The van der Waals surface area contributed by atoms with Gasteiger partial charge in [-0.3, -0.25) is 0 Å². The molecule has 0 amide bonds. The molecular weight excluding hydrogens is 304 g/mol. The second-order valence-corrected chi connectivity index (χ2v) is 6.44. The first-order valence-electron chi connectivity index (χ1n) is 8.26. The van der Waals surface area contributed by atoms with Gasteiger partial charge in [-0.15, -0.1) is 0 Å². The molecule has 4 nitrogen and oxygen atoms in total. The number of rotatable bonds is 4. The van der Waals surface area contributed by atoms with E-state index in [2.05, 4.69) is 0 Å². The van der Waals surface area contributed by atoms with Crippen LogP contribution >= 0.6 is 0 Å². The number of hydrogen-bond acceptors (Lipinski definition) is 4. The highest BCUT2D eigenvalue weighted by atomic mass is 16.5. The van der Waals surface area contributed by atoms with E-state index in [1.54, 1.807) is 6.07 Å². The molecule has 126 valence electrons. The zero-order valence-corrected chi connectivity index (χ0v) is 14.0. The Labute approximate surface area is 142 Å². The highest BCUT2D eigenvalue weighted by Crippen LogP contribution is 2.38. The second kappa shape index (κ2) is 7.05. The number of benzene rings is 2. The van der Waals surface area contributed by atoms with Gasteiger partial charge in [-0.05, 0) is 35.1 Å². The number of carbonyl (C=O) groups excluding carboxylic acids is 1. The maximum absolute atomic E-state index is 12.6. The van der Waals surface area contributed by atoms with Gasteiger partial charge in [-0.25, -0.2) is 4.79 Å². The third-order valence-corrected chi connectivity index (χ3v) is 4.07. The van der Waals surface area contributed by atoms with Crippen LogP contribution < -0.4 is 0 Å². The molecule has 0 aromatic heterocycles. The van der Waals surface area contributed by atoms with E-state index in [1.165, 1.54) is 0 Å². The lowest BCUT2D eigenvalue weighted by Crippen LogP contribution is -2.17. The molecule has 0 aliphatic carbocycles. The van der Waals surface area contributed by atoms with Crippen LogP contribution in [0.2, 0.25) is 0 Å². The zero-order valence-electron chi connectivity index (χ0n) is 14.0. The average molecular weight is 326 g/mol. The van der Waals surface area contributed by atoms with Crippen LogP contribution in [0.5, 0.6) is 5.75 Å². The summed E-state index contributed by atoms with van der Waals surface area (Å²) in [5.41, 5.74) is 3.91.